The summed E-state index contributed by atoms with van der Waals surface area (Å²) in [6, 6.07) is 8.12. The molecule has 0 saturated carbocycles. The van der Waals surface area contributed by atoms with Crippen LogP contribution in [-0.2, 0) is 14.6 Å². The fourth-order valence-electron chi connectivity index (χ4n) is 1.24. The van der Waals surface area contributed by atoms with Gasteiger partial charge in [0.2, 0.25) is 5.91 Å². The van der Waals surface area contributed by atoms with Gasteiger partial charge in [-0.15, -0.1) is 0 Å². The van der Waals surface area contributed by atoms with E-state index in [1.54, 1.807) is 24.3 Å². The number of carbonyl (C=O) groups excluding carboxylic acids is 1. The Bertz CT molecular complexity index is 578. The average Bonchev–Trinajstić information content (AvgIpc) is 2.25. The lowest BCUT2D eigenvalue weighted by molar-refractivity contribution is -0.113. The first kappa shape index (κ1) is 14.5. The van der Waals surface area contributed by atoms with E-state index >= 15 is 0 Å². The summed E-state index contributed by atoms with van der Waals surface area (Å²) < 4.78 is 22.8. The summed E-state index contributed by atoms with van der Waals surface area (Å²) in [6.07, 6.45) is -0.118. The van der Waals surface area contributed by atoms with Crippen molar-refractivity contribution in [1.29, 1.82) is 5.26 Å². The van der Waals surface area contributed by atoms with Gasteiger partial charge in [0.05, 0.1) is 11.8 Å². The summed E-state index contributed by atoms with van der Waals surface area (Å²) in [5.74, 6) is -1.59. The van der Waals surface area contributed by atoms with Gasteiger partial charge in [-0.25, -0.2) is 8.42 Å². The van der Waals surface area contributed by atoms with Gasteiger partial charge in [0.15, 0.2) is 9.84 Å². The minimum atomic E-state index is -3.54. The lowest BCUT2D eigenvalue weighted by Crippen LogP contribution is -2.24. The molecule has 0 unspecified atom stereocenters. The minimum Gasteiger partial charge on any atom is -0.325 e. The molecule has 0 fully saturated rings. The second-order valence-corrected chi connectivity index (χ2v) is 6.18. The van der Waals surface area contributed by atoms with Crippen LogP contribution in [0.4, 0.5) is 5.69 Å². The zero-order valence-corrected chi connectivity index (χ0v) is 11.0. The Morgan fingerprint density at radius 2 is 2.17 bits per heavy atom. The number of sulfone groups is 1. The van der Waals surface area contributed by atoms with Gasteiger partial charge in [0.1, 0.15) is 5.75 Å². The number of nitrogens with zero attached hydrogens (tertiary/aromatic N) is 1. The Morgan fingerprint density at radius 3 is 2.78 bits per heavy atom. The second kappa shape index (κ2) is 6.38. The molecule has 7 heteroatoms. The van der Waals surface area contributed by atoms with Crippen molar-refractivity contribution >= 4 is 33.0 Å². The Morgan fingerprint density at radius 1 is 1.44 bits per heavy atom. The van der Waals surface area contributed by atoms with Crippen molar-refractivity contribution in [2.24, 2.45) is 0 Å². The Kier molecular flexibility index (Phi) is 5.13. The van der Waals surface area contributed by atoms with Crippen molar-refractivity contribution in [3.05, 3.63) is 29.3 Å². The quantitative estimate of drug-likeness (QED) is 0.891. The molecule has 1 rings (SSSR count). The monoisotopic (exact) mass is 286 g/mol. The van der Waals surface area contributed by atoms with Crippen molar-refractivity contribution in [2.75, 3.05) is 16.8 Å². The van der Waals surface area contributed by atoms with Crippen LogP contribution in [0.3, 0.4) is 0 Å². The molecule has 0 radical (unpaired) electrons. The maximum absolute atomic E-state index is 11.5. The third kappa shape index (κ3) is 5.17. The predicted molar refractivity (Wildman–Crippen MR) is 69.0 cm³/mol. The van der Waals surface area contributed by atoms with E-state index in [0.29, 0.717) is 10.7 Å². The summed E-state index contributed by atoms with van der Waals surface area (Å²) in [6.45, 7) is 0. The molecule has 1 amide bonds. The molecule has 5 nitrogen and oxygen atoms in total. The van der Waals surface area contributed by atoms with Crippen molar-refractivity contribution in [1.82, 2.24) is 0 Å². The van der Waals surface area contributed by atoms with Crippen LogP contribution in [0.1, 0.15) is 6.42 Å². The molecule has 0 aromatic heterocycles. The number of hydrogen-bond donors (Lipinski definition) is 1. The molecule has 0 atom stereocenters. The first-order valence-electron chi connectivity index (χ1n) is 5.06. The number of benzene rings is 1. The van der Waals surface area contributed by atoms with Crippen molar-refractivity contribution < 1.29 is 13.2 Å². The Balaban J connectivity index is 2.60. The van der Waals surface area contributed by atoms with Gasteiger partial charge < -0.3 is 5.32 Å². The molecule has 0 aliphatic carbocycles. The second-order valence-electron chi connectivity index (χ2n) is 3.56. The highest BCUT2D eigenvalue weighted by molar-refractivity contribution is 7.92. The highest BCUT2D eigenvalue weighted by Gasteiger charge is 2.16. The number of rotatable bonds is 5. The highest BCUT2D eigenvalue weighted by atomic mass is 35.5. The van der Waals surface area contributed by atoms with E-state index in [1.807, 2.05) is 0 Å². The first-order chi connectivity index (χ1) is 8.43. The van der Waals surface area contributed by atoms with E-state index in [2.05, 4.69) is 5.32 Å². The largest absolute Gasteiger partial charge is 0.325 e. The number of nitriles is 1. The normalized spacial score (nSPS) is 10.7. The molecule has 0 aliphatic heterocycles. The Hall–Kier alpha value is -1.58. The topological polar surface area (TPSA) is 87.0 Å². The molecular formula is C11H11ClN2O3S. The van der Waals surface area contributed by atoms with Gasteiger partial charge in [-0.1, -0.05) is 17.7 Å². The maximum Gasteiger partial charge on any atom is 0.239 e. The summed E-state index contributed by atoms with van der Waals surface area (Å²) >= 11 is 5.72. The lowest BCUT2D eigenvalue weighted by Gasteiger charge is -2.05. The van der Waals surface area contributed by atoms with Crippen LogP contribution in [0.15, 0.2) is 24.3 Å². The number of nitrogens with one attached hydrogen (secondary N) is 1. The van der Waals surface area contributed by atoms with Gasteiger partial charge in [0, 0.05) is 17.1 Å². The first-order valence-corrected chi connectivity index (χ1v) is 7.26. The fraction of sp³-hybridized carbons (Fsp3) is 0.273. The fourth-order valence-corrected chi connectivity index (χ4v) is 2.44. The van der Waals surface area contributed by atoms with Crippen LogP contribution in [0.25, 0.3) is 0 Å². The van der Waals surface area contributed by atoms with E-state index in [1.165, 1.54) is 6.07 Å². The van der Waals surface area contributed by atoms with Crippen LogP contribution in [0.5, 0.6) is 0 Å². The van der Waals surface area contributed by atoms with E-state index in [-0.39, 0.29) is 12.2 Å². The van der Waals surface area contributed by atoms with E-state index in [0.717, 1.165) is 0 Å². The molecule has 0 spiro atoms. The number of halogens is 1. The zero-order valence-electron chi connectivity index (χ0n) is 9.39. The van der Waals surface area contributed by atoms with Gasteiger partial charge in [-0.3, -0.25) is 4.79 Å². The number of carbonyl (C=O) groups is 1. The van der Waals surface area contributed by atoms with Crippen molar-refractivity contribution in [3.8, 4) is 6.07 Å². The molecule has 1 aromatic carbocycles. The standard InChI is InChI=1S/C11H11ClN2O3S/c12-9-3-1-4-10(7-9)14-11(15)8-18(16,17)6-2-5-13/h1,3-4,7H,2,6,8H2,(H,14,15). The number of hydrogen-bond acceptors (Lipinski definition) is 4. The molecule has 18 heavy (non-hydrogen) atoms. The average molecular weight is 287 g/mol. The minimum absolute atomic E-state index is 0.118. The predicted octanol–water partition coefficient (Wildman–Crippen LogP) is 1.61. The molecule has 96 valence electrons. The number of anilines is 1. The van der Waals surface area contributed by atoms with Crippen molar-refractivity contribution in [2.45, 2.75) is 6.42 Å². The molecule has 0 bridgehead atoms. The van der Waals surface area contributed by atoms with E-state index < -0.39 is 21.5 Å². The van der Waals surface area contributed by atoms with E-state index in [4.69, 9.17) is 16.9 Å². The van der Waals surface area contributed by atoms with Gasteiger partial charge in [-0.2, -0.15) is 5.26 Å². The van der Waals surface area contributed by atoms with Gasteiger partial charge in [-0.05, 0) is 18.2 Å². The zero-order chi connectivity index (χ0) is 13.6. The smallest absolute Gasteiger partial charge is 0.239 e. The highest BCUT2D eigenvalue weighted by Crippen LogP contribution is 2.14. The number of amides is 1. The van der Waals surface area contributed by atoms with Crippen LogP contribution in [0, 0.1) is 11.3 Å². The maximum atomic E-state index is 11.5. The van der Waals surface area contributed by atoms with Crippen LogP contribution in [0.2, 0.25) is 5.02 Å². The lowest BCUT2D eigenvalue weighted by atomic mass is 10.3. The van der Waals surface area contributed by atoms with E-state index in [9.17, 15) is 13.2 Å². The molecule has 1 aromatic rings. The van der Waals surface area contributed by atoms with Crippen LogP contribution >= 0.6 is 11.6 Å². The molecule has 0 saturated heterocycles. The SMILES string of the molecule is N#CCCS(=O)(=O)CC(=O)Nc1cccc(Cl)c1. The summed E-state index contributed by atoms with van der Waals surface area (Å²) in [7, 11) is -3.54. The summed E-state index contributed by atoms with van der Waals surface area (Å²) in [4.78, 5) is 11.5. The molecule has 0 heterocycles. The van der Waals surface area contributed by atoms with Gasteiger partial charge in [0.25, 0.3) is 0 Å². The van der Waals surface area contributed by atoms with Crippen molar-refractivity contribution in [3.63, 3.8) is 0 Å². The molecule has 1 N–H and O–H groups in total. The molecular weight excluding hydrogens is 276 g/mol. The van der Waals surface area contributed by atoms with Crippen LogP contribution in [-0.4, -0.2) is 25.8 Å². The third-order valence-electron chi connectivity index (χ3n) is 1.98. The summed E-state index contributed by atoms with van der Waals surface area (Å²) in [5, 5.41) is 11.2. The molecule has 0 aliphatic rings. The van der Waals surface area contributed by atoms with Crippen LogP contribution < -0.4 is 5.32 Å². The van der Waals surface area contributed by atoms with Gasteiger partial charge >= 0.3 is 0 Å². The summed E-state index contributed by atoms with van der Waals surface area (Å²) in [5.41, 5.74) is 0.433. The third-order valence-corrected chi connectivity index (χ3v) is 3.75. The Labute approximate surface area is 110 Å².